The smallest absolute Gasteiger partial charge is 0.314 e. The van der Waals surface area contributed by atoms with E-state index in [4.69, 9.17) is 0 Å². The minimum Gasteiger partial charge on any atom is -0.343 e. The summed E-state index contributed by atoms with van der Waals surface area (Å²) in [5, 5.41) is 11.1. The van der Waals surface area contributed by atoms with E-state index < -0.39 is 11.8 Å². The average Bonchev–Trinajstić information content (AvgIpc) is 3.21. The van der Waals surface area contributed by atoms with Crippen molar-refractivity contribution in [1.29, 1.82) is 0 Å². The minimum absolute atomic E-state index is 0.150. The van der Waals surface area contributed by atoms with Crippen molar-refractivity contribution in [3.63, 3.8) is 0 Å². The Morgan fingerprint density at radius 3 is 2.73 bits per heavy atom. The number of thiophene rings is 1. The van der Waals surface area contributed by atoms with E-state index in [2.05, 4.69) is 25.7 Å². The molecule has 0 bridgehead atoms. The molecule has 3 rings (SSSR count). The summed E-state index contributed by atoms with van der Waals surface area (Å²) in [5.41, 5.74) is 0.748. The van der Waals surface area contributed by atoms with Crippen LogP contribution in [0, 0.1) is 13.8 Å². The van der Waals surface area contributed by atoms with Gasteiger partial charge in [-0.2, -0.15) is 9.78 Å². The molecular formula is C16H16N6O3S. The highest BCUT2D eigenvalue weighted by Crippen LogP contribution is 2.14. The van der Waals surface area contributed by atoms with Gasteiger partial charge in [0.15, 0.2) is 0 Å². The van der Waals surface area contributed by atoms with Crippen molar-refractivity contribution in [1.82, 2.24) is 25.1 Å². The normalized spacial score (nSPS) is 10.5. The van der Waals surface area contributed by atoms with E-state index in [1.807, 2.05) is 17.5 Å². The predicted molar refractivity (Wildman–Crippen MR) is 96.2 cm³/mol. The molecule has 10 heteroatoms. The first kappa shape index (κ1) is 17.5. The highest BCUT2D eigenvalue weighted by molar-refractivity contribution is 7.09. The Balaban J connectivity index is 1.76. The van der Waals surface area contributed by atoms with Crippen LogP contribution < -0.4 is 16.2 Å². The highest BCUT2D eigenvalue weighted by atomic mass is 32.1. The van der Waals surface area contributed by atoms with Gasteiger partial charge in [0.2, 0.25) is 5.95 Å². The van der Waals surface area contributed by atoms with Gasteiger partial charge in [0.05, 0.1) is 12.2 Å². The Morgan fingerprint density at radius 2 is 2.04 bits per heavy atom. The first-order valence-corrected chi connectivity index (χ1v) is 8.57. The number of hydrogen-bond acceptors (Lipinski definition) is 6. The molecule has 0 aromatic carbocycles. The average molecular weight is 372 g/mol. The van der Waals surface area contributed by atoms with E-state index in [0.29, 0.717) is 11.4 Å². The molecule has 3 aromatic heterocycles. The van der Waals surface area contributed by atoms with Crippen molar-refractivity contribution in [2.24, 2.45) is 0 Å². The maximum Gasteiger partial charge on any atom is 0.314 e. The van der Waals surface area contributed by atoms with E-state index in [1.165, 1.54) is 22.1 Å². The number of hydrogen-bond donors (Lipinski definition) is 3. The van der Waals surface area contributed by atoms with Gasteiger partial charge in [-0.05, 0) is 25.3 Å². The second-order valence-corrected chi connectivity index (χ2v) is 6.54. The third-order valence-corrected chi connectivity index (χ3v) is 4.22. The van der Waals surface area contributed by atoms with Gasteiger partial charge < -0.3 is 10.6 Å². The second-order valence-electron chi connectivity index (χ2n) is 5.51. The topological polar surface area (TPSA) is 122 Å². The minimum atomic E-state index is -0.835. The Kier molecular flexibility index (Phi) is 4.94. The molecule has 0 aliphatic carbocycles. The third kappa shape index (κ3) is 4.03. The zero-order chi connectivity index (χ0) is 18.7. The molecule has 0 fully saturated rings. The van der Waals surface area contributed by atoms with Crippen LogP contribution in [0.3, 0.4) is 0 Å². The van der Waals surface area contributed by atoms with Crippen LogP contribution in [0.1, 0.15) is 16.3 Å². The summed E-state index contributed by atoms with van der Waals surface area (Å²) in [6.07, 6.45) is 0. The quantitative estimate of drug-likeness (QED) is 0.587. The molecule has 0 atom stereocenters. The third-order valence-electron chi connectivity index (χ3n) is 3.34. The number of aromatic amines is 1. The van der Waals surface area contributed by atoms with Gasteiger partial charge in [0.1, 0.15) is 5.82 Å². The molecular weight excluding hydrogens is 356 g/mol. The zero-order valence-electron chi connectivity index (χ0n) is 14.1. The Bertz CT molecular complexity index is 1010. The van der Waals surface area contributed by atoms with Crippen LogP contribution in [0.4, 0.5) is 5.82 Å². The maximum atomic E-state index is 12.1. The van der Waals surface area contributed by atoms with E-state index in [0.717, 1.165) is 4.88 Å². The summed E-state index contributed by atoms with van der Waals surface area (Å²) < 4.78 is 1.27. The number of nitrogens with one attached hydrogen (secondary N) is 3. The molecule has 0 saturated heterocycles. The molecule has 9 nitrogen and oxygen atoms in total. The lowest BCUT2D eigenvalue weighted by molar-refractivity contribution is -0.136. The van der Waals surface area contributed by atoms with Crippen molar-refractivity contribution >= 4 is 29.0 Å². The molecule has 0 saturated carbocycles. The lowest BCUT2D eigenvalue weighted by atomic mass is 10.4. The largest absolute Gasteiger partial charge is 0.343 e. The maximum absolute atomic E-state index is 12.1. The molecule has 2 amide bonds. The molecule has 0 spiro atoms. The van der Waals surface area contributed by atoms with Crippen molar-refractivity contribution in [2.75, 3.05) is 5.32 Å². The van der Waals surface area contributed by atoms with Gasteiger partial charge in [-0.25, -0.2) is 4.98 Å². The monoisotopic (exact) mass is 372 g/mol. The molecule has 3 N–H and O–H groups in total. The number of nitrogens with zero attached hydrogens (tertiary/aromatic N) is 3. The molecule has 3 aromatic rings. The standard InChI is InChI=1S/C16H16N6O3S/c1-9-7-13(23)20-16(18-9)22-12(6-10(2)21-22)19-15(25)14(24)17-8-11-4-3-5-26-11/h3-7H,8H2,1-2H3,(H,17,24)(H,19,25)(H,18,20,23). The lowest BCUT2D eigenvalue weighted by Crippen LogP contribution is -2.35. The number of H-pyrrole nitrogens is 1. The van der Waals surface area contributed by atoms with Gasteiger partial charge in [-0.3, -0.25) is 19.4 Å². The molecule has 26 heavy (non-hydrogen) atoms. The van der Waals surface area contributed by atoms with Crippen molar-refractivity contribution in [3.05, 3.63) is 56.3 Å². The lowest BCUT2D eigenvalue weighted by Gasteiger charge is -2.08. The first-order valence-electron chi connectivity index (χ1n) is 7.69. The number of aromatic nitrogens is 4. The second kappa shape index (κ2) is 7.31. The van der Waals surface area contributed by atoms with Crippen LogP contribution in [0.15, 0.2) is 34.4 Å². The van der Waals surface area contributed by atoms with Crippen LogP contribution in [0.5, 0.6) is 0 Å². The van der Waals surface area contributed by atoms with Crippen LogP contribution in [0.2, 0.25) is 0 Å². The molecule has 134 valence electrons. The van der Waals surface area contributed by atoms with Gasteiger partial charge in [0.25, 0.3) is 5.56 Å². The summed E-state index contributed by atoms with van der Waals surface area (Å²) in [5.74, 6) is -1.22. The fraction of sp³-hybridized carbons (Fsp3) is 0.188. The number of aryl methyl sites for hydroxylation is 2. The molecule has 3 heterocycles. The zero-order valence-corrected chi connectivity index (χ0v) is 14.9. The van der Waals surface area contributed by atoms with E-state index in [-0.39, 0.29) is 23.9 Å². The van der Waals surface area contributed by atoms with E-state index >= 15 is 0 Å². The Morgan fingerprint density at radius 1 is 1.23 bits per heavy atom. The fourth-order valence-corrected chi connectivity index (χ4v) is 2.89. The molecule has 0 aliphatic heterocycles. The van der Waals surface area contributed by atoms with Crippen molar-refractivity contribution in [3.8, 4) is 5.95 Å². The summed E-state index contributed by atoms with van der Waals surface area (Å²) in [6.45, 7) is 3.66. The highest BCUT2D eigenvalue weighted by Gasteiger charge is 2.18. The first-order chi connectivity index (χ1) is 12.4. The Labute approximate surface area is 152 Å². The summed E-state index contributed by atoms with van der Waals surface area (Å²) >= 11 is 1.48. The Hall–Kier alpha value is -3.27. The number of carbonyl (C=O) groups is 2. The van der Waals surface area contributed by atoms with Gasteiger partial charge in [-0.15, -0.1) is 11.3 Å². The predicted octanol–water partition coefficient (Wildman–Crippen LogP) is 0.889. The molecule has 0 radical (unpaired) electrons. The van der Waals surface area contributed by atoms with Crippen molar-refractivity contribution in [2.45, 2.75) is 20.4 Å². The number of carbonyl (C=O) groups excluding carboxylic acids is 2. The molecule has 0 unspecified atom stereocenters. The number of amides is 2. The summed E-state index contributed by atoms with van der Waals surface area (Å²) in [4.78, 5) is 43.5. The van der Waals surface area contributed by atoms with Crippen LogP contribution in [0.25, 0.3) is 5.95 Å². The van der Waals surface area contributed by atoms with Crippen LogP contribution in [-0.2, 0) is 16.1 Å². The molecule has 0 aliphatic rings. The van der Waals surface area contributed by atoms with Gasteiger partial charge >= 0.3 is 11.8 Å². The van der Waals surface area contributed by atoms with E-state index in [1.54, 1.807) is 19.9 Å². The van der Waals surface area contributed by atoms with Gasteiger partial charge in [-0.1, -0.05) is 6.07 Å². The SMILES string of the molecule is Cc1cc(=O)[nH]c(-n2nc(C)cc2NC(=O)C(=O)NCc2cccs2)n1. The summed E-state index contributed by atoms with van der Waals surface area (Å²) in [7, 11) is 0. The number of rotatable bonds is 4. The number of anilines is 1. The fourth-order valence-electron chi connectivity index (χ4n) is 2.25. The van der Waals surface area contributed by atoms with Crippen LogP contribution >= 0.6 is 11.3 Å². The van der Waals surface area contributed by atoms with Gasteiger partial charge in [0, 0.05) is 22.7 Å². The van der Waals surface area contributed by atoms with Crippen LogP contribution in [-0.4, -0.2) is 31.6 Å². The van der Waals surface area contributed by atoms with E-state index in [9.17, 15) is 14.4 Å². The van der Waals surface area contributed by atoms with Crippen molar-refractivity contribution < 1.29 is 9.59 Å². The summed E-state index contributed by atoms with van der Waals surface area (Å²) in [6, 6.07) is 6.65.